The third-order valence-electron chi connectivity index (χ3n) is 5.56. The van der Waals surface area contributed by atoms with E-state index in [1.54, 1.807) is 0 Å². The number of benzene rings is 3. The first-order chi connectivity index (χ1) is 14.4. The molecule has 4 rings (SSSR count). The molecule has 2 nitrogen and oxygen atoms in total. The quantitative estimate of drug-likeness (QED) is 0.424. The molecular formula is C25H25ClF3NO. The smallest absolute Gasteiger partial charge is 0.416 e. The van der Waals surface area contributed by atoms with Gasteiger partial charge in [-0.3, -0.25) is 0 Å². The summed E-state index contributed by atoms with van der Waals surface area (Å²) in [6, 6.07) is 23.4. The van der Waals surface area contributed by atoms with E-state index in [-0.39, 0.29) is 24.4 Å². The SMILES string of the molecule is CN(Cc1ccccc1)CC1Cc2ccccc2C1Oc1ccc(C(F)(F)F)cc1.Cl. The lowest BCUT2D eigenvalue weighted by Crippen LogP contribution is -2.29. The van der Waals surface area contributed by atoms with Gasteiger partial charge in [0.1, 0.15) is 11.9 Å². The van der Waals surface area contributed by atoms with Crippen molar-refractivity contribution in [2.24, 2.45) is 5.92 Å². The fraction of sp³-hybridized carbons (Fsp3) is 0.280. The average molecular weight is 448 g/mol. The number of rotatable bonds is 6. The summed E-state index contributed by atoms with van der Waals surface area (Å²) >= 11 is 0. The molecule has 3 aromatic rings. The Hall–Kier alpha value is -2.50. The Kier molecular flexibility index (Phi) is 7.29. The molecule has 164 valence electrons. The second-order valence-electron chi connectivity index (χ2n) is 7.91. The molecule has 2 unspecified atom stereocenters. The van der Waals surface area contributed by atoms with E-state index < -0.39 is 11.7 Å². The minimum atomic E-state index is -4.35. The van der Waals surface area contributed by atoms with Crippen molar-refractivity contribution in [1.82, 2.24) is 4.90 Å². The Morgan fingerprint density at radius 3 is 2.23 bits per heavy atom. The van der Waals surface area contributed by atoms with E-state index in [1.807, 2.05) is 30.3 Å². The van der Waals surface area contributed by atoms with Gasteiger partial charge in [0.25, 0.3) is 0 Å². The molecule has 6 heteroatoms. The fourth-order valence-electron chi connectivity index (χ4n) is 4.19. The van der Waals surface area contributed by atoms with Crippen LogP contribution in [0.2, 0.25) is 0 Å². The lowest BCUT2D eigenvalue weighted by molar-refractivity contribution is -0.137. The summed E-state index contributed by atoms with van der Waals surface area (Å²) in [6.07, 6.45) is -3.64. The van der Waals surface area contributed by atoms with Crippen LogP contribution in [-0.4, -0.2) is 18.5 Å². The van der Waals surface area contributed by atoms with E-state index >= 15 is 0 Å². The number of ether oxygens (including phenoxy) is 1. The van der Waals surface area contributed by atoms with Gasteiger partial charge in [0, 0.05) is 19.0 Å². The summed E-state index contributed by atoms with van der Waals surface area (Å²) < 4.78 is 44.8. The first kappa shape index (κ1) is 23.2. The molecule has 0 bridgehead atoms. The van der Waals surface area contributed by atoms with Crippen molar-refractivity contribution in [3.05, 3.63) is 101 Å². The maximum Gasteiger partial charge on any atom is 0.416 e. The number of alkyl halides is 3. The van der Waals surface area contributed by atoms with E-state index in [0.29, 0.717) is 5.75 Å². The molecule has 0 heterocycles. The van der Waals surface area contributed by atoms with Gasteiger partial charge in [0.2, 0.25) is 0 Å². The highest BCUT2D eigenvalue weighted by atomic mass is 35.5. The van der Waals surface area contributed by atoms with Crippen LogP contribution < -0.4 is 4.74 Å². The highest BCUT2D eigenvalue weighted by Crippen LogP contribution is 2.40. The average Bonchev–Trinajstić information content (AvgIpc) is 3.05. The van der Waals surface area contributed by atoms with E-state index in [9.17, 15) is 13.2 Å². The predicted octanol–water partition coefficient (Wildman–Crippen LogP) is 6.55. The predicted molar refractivity (Wildman–Crippen MR) is 118 cm³/mol. The summed E-state index contributed by atoms with van der Waals surface area (Å²) in [6.45, 7) is 1.66. The summed E-state index contributed by atoms with van der Waals surface area (Å²) in [4.78, 5) is 2.27. The zero-order valence-electron chi connectivity index (χ0n) is 17.2. The normalized spacial score (nSPS) is 17.8. The molecule has 0 spiro atoms. The third-order valence-corrected chi connectivity index (χ3v) is 5.56. The van der Waals surface area contributed by atoms with Crippen LogP contribution in [-0.2, 0) is 19.1 Å². The number of halogens is 4. The molecule has 0 radical (unpaired) electrons. The fourth-order valence-corrected chi connectivity index (χ4v) is 4.19. The Morgan fingerprint density at radius 1 is 0.903 bits per heavy atom. The van der Waals surface area contributed by atoms with E-state index in [0.717, 1.165) is 37.2 Å². The van der Waals surface area contributed by atoms with E-state index in [4.69, 9.17) is 4.74 Å². The van der Waals surface area contributed by atoms with Gasteiger partial charge in [-0.05, 0) is 54.4 Å². The molecule has 31 heavy (non-hydrogen) atoms. The molecule has 3 aromatic carbocycles. The molecule has 0 amide bonds. The zero-order chi connectivity index (χ0) is 21.1. The maximum absolute atomic E-state index is 12.9. The Labute approximate surface area is 187 Å². The van der Waals surface area contributed by atoms with Crippen LogP contribution in [0.1, 0.15) is 28.4 Å². The van der Waals surface area contributed by atoms with Crippen molar-refractivity contribution in [3.63, 3.8) is 0 Å². The molecule has 0 aromatic heterocycles. The second-order valence-corrected chi connectivity index (χ2v) is 7.91. The Bertz CT molecular complexity index is 976. The second kappa shape index (κ2) is 9.75. The van der Waals surface area contributed by atoms with Crippen LogP contribution in [0.3, 0.4) is 0 Å². The van der Waals surface area contributed by atoms with Crippen LogP contribution in [0.25, 0.3) is 0 Å². The van der Waals surface area contributed by atoms with Crippen LogP contribution in [0.4, 0.5) is 13.2 Å². The Balaban J connectivity index is 0.00000272. The molecule has 1 aliphatic carbocycles. The highest BCUT2D eigenvalue weighted by molar-refractivity contribution is 5.85. The van der Waals surface area contributed by atoms with E-state index in [1.165, 1.54) is 23.3 Å². The molecule has 0 N–H and O–H groups in total. The molecule has 0 fully saturated rings. The molecule has 2 atom stereocenters. The van der Waals surface area contributed by atoms with Gasteiger partial charge in [0.15, 0.2) is 0 Å². The van der Waals surface area contributed by atoms with E-state index in [2.05, 4.69) is 36.2 Å². The molecule has 0 saturated carbocycles. The van der Waals surface area contributed by atoms with Gasteiger partial charge in [-0.2, -0.15) is 13.2 Å². The monoisotopic (exact) mass is 447 g/mol. The first-order valence-corrected chi connectivity index (χ1v) is 10.0. The van der Waals surface area contributed by atoms with Gasteiger partial charge in [-0.25, -0.2) is 0 Å². The van der Waals surface area contributed by atoms with Gasteiger partial charge < -0.3 is 9.64 Å². The molecule has 1 aliphatic rings. The van der Waals surface area contributed by atoms with Crippen LogP contribution in [0, 0.1) is 5.92 Å². The van der Waals surface area contributed by atoms with Crippen molar-refractivity contribution in [1.29, 1.82) is 0 Å². The molecule has 0 aliphatic heterocycles. The van der Waals surface area contributed by atoms with Gasteiger partial charge in [-0.1, -0.05) is 54.6 Å². The van der Waals surface area contributed by atoms with Crippen molar-refractivity contribution in [2.75, 3.05) is 13.6 Å². The van der Waals surface area contributed by atoms with Crippen molar-refractivity contribution in [2.45, 2.75) is 25.2 Å². The lowest BCUT2D eigenvalue weighted by Gasteiger charge is -2.27. The number of hydrogen-bond acceptors (Lipinski definition) is 2. The largest absolute Gasteiger partial charge is 0.485 e. The number of fused-ring (bicyclic) bond motifs is 1. The summed E-state index contributed by atoms with van der Waals surface area (Å²) in [7, 11) is 2.09. The van der Waals surface area contributed by atoms with Crippen molar-refractivity contribution in [3.8, 4) is 5.75 Å². The zero-order valence-corrected chi connectivity index (χ0v) is 18.0. The summed E-state index contributed by atoms with van der Waals surface area (Å²) in [5.41, 5.74) is 2.94. The summed E-state index contributed by atoms with van der Waals surface area (Å²) in [5.74, 6) is 0.679. The Morgan fingerprint density at radius 2 is 1.55 bits per heavy atom. The van der Waals surface area contributed by atoms with Gasteiger partial charge >= 0.3 is 6.18 Å². The van der Waals surface area contributed by atoms with Crippen LogP contribution in [0.5, 0.6) is 5.75 Å². The lowest BCUT2D eigenvalue weighted by atomic mass is 10.0. The van der Waals surface area contributed by atoms with Crippen molar-refractivity contribution >= 4 is 12.4 Å². The maximum atomic E-state index is 12.9. The number of nitrogens with zero attached hydrogens (tertiary/aromatic N) is 1. The number of hydrogen-bond donors (Lipinski definition) is 0. The van der Waals surface area contributed by atoms with Crippen LogP contribution >= 0.6 is 12.4 Å². The highest BCUT2D eigenvalue weighted by Gasteiger charge is 2.35. The topological polar surface area (TPSA) is 12.5 Å². The standard InChI is InChI=1S/C25H24F3NO.ClH/c1-29(16-18-7-3-2-4-8-18)17-20-15-19-9-5-6-10-23(19)24(20)30-22-13-11-21(12-14-22)25(26,27)28;/h2-14,20,24H,15-17H2,1H3;1H. The van der Waals surface area contributed by atoms with Gasteiger partial charge in [-0.15, -0.1) is 12.4 Å². The first-order valence-electron chi connectivity index (χ1n) is 10.0. The third kappa shape index (κ3) is 5.60. The van der Waals surface area contributed by atoms with Crippen LogP contribution in [0.15, 0.2) is 78.9 Å². The minimum absolute atomic E-state index is 0. The summed E-state index contributed by atoms with van der Waals surface area (Å²) in [5, 5.41) is 0. The molecule has 0 saturated heterocycles. The minimum Gasteiger partial charge on any atom is -0.485 e. The van der Waals surface area contributed by atoms with Gasteiger partial charge in [0.05, 0.1) is 5.56 Å². The van der Waals surface area contributed by atoms with Crippen molar-refractivity contribution < 1.29 is 17.9 Å². The molecular weight excluding hydrogens is 423 g/mol.